The summed E-state index contributed by atoms with van der Waals surface area (Å²) in [6.45, 7) is 0. The minimum atomic E-state index is 1.09. The van der Waals surface area contributed by atoms with Crippen molar-refractivity contribution in [2.45, 2.75) is 0 Å². The first-order valence-electron chi connectivity index (χ1n) is 19.9. The maximum Gasteiger partial charge on any atom is 0.0547 e. The Balaban J connectivity index is 1.03. The third-order valence-electron chi connectivity index (χ3n) is 11.6. The molecule has 2 nitrogen and oxygen atoms in total. The van der Waals surface area contributed by atoms with Gasteiger partial charge in [0.05, 0.1) is 16.7 Å². The number of nitrogens with zero attached hydrogens (tertiary/aromatic N) is 2. The molecule has 272 valence electrons. The van der Waals surface area contributed by atoms with E-state index in [-0.39, 0.29) is 0 Å². The molecule has 0 unspecified atom stereocenters. The molecule has 11 aromatic rings. The van der Waals surface area contributed by atoms with Crippen LogP contribution in [0.1, 0.15) is 0 Å². The summed E-state index contributed by atoms with van der Waals surface area (Å²) >= 11 is 0. The summed E-state index contributed by atoms with van der Waals surface area (Å²) in [5.41, 5.74) is 14.0. The molecule has 0 N–H and O–H groups in total. The summed E-state index contributed by atoms with van der Waals surface area (Å²) in [5.74, 6) is 0. The van der Waals surface area contributed by atoms with Crippen molar-refractivity contribution in [3.8, 4) is 39.1 Å². The molecule has 0 radical (unpaired) electrons. The fourth-order valence-electron chi connectivity index (χ4n) is 8.79. The highest BCUT2D eigenvalue weighted by atomic mass is 15.1. The van der Waals surface area contributed by atoms with E-state index in [2.05, 4.69) is 240 Å². The van der Waals surface area contributed by atoms with Crippen molar-refractivity contribution in [1.82, 2.24) is 4.57 Å². The van der Waals surface area contributed by atoms with Crippen molar-refractivity contribution in [2.24, 2.45) is 0 Å². The van der Waals surface area contributed by atoms with Crippen LogP contribution < -0.4 is 4.90 Å². The highest BCUT2D eigenvalue weighted by Crippen LogP contribution is 2.41. The summed E-state index contributed by atoms with van der Waals surface area (Å²) in [4.78, 5) is 2.37. The summed E-state index contributed by atoms with van der Waals surface area (Å²) in [5, 5.41) is 7.52. The topological polar surface area (TPSA) is 8.17 Å². The van der Waals surface area contributed by atoms with Gasteiger partial charge in [0, 0.05) is 33.4 Å². The maximum atomic E-state index is 2.44. The first-order valence-corrected chi connectivity index (χ1v) is 19.9. The quantitative estimate of drug-likeness (QED) is 0.158. The predicted molar refractivity (Wildman–Crippen MR) is 247 cm³/mol. The third-order valence-corrected chi connectivity index (χ3v) is 11.6. The maximum absolute atomic E-state index is 2.44. The van der Waals surface area contributed by atoms with Crippen LogP contribution >= 0.6 is 0 Å². The molecule has 0 aliphatic heterocycles. The lowest BCUT2D eigenvalue weighted by Gasteiger charge is -2.26. The largest absolute Gasteiger partial charge is 0.310 e. The van der Waals surface area contributed by atoms with Gasteiger partial charge in [-0.3, -0.25) is 0 Å². The lowest BCUT2D eigenvalue weighted by Crippen LogP contribution is -2.10. The van der Waals surface area contributed by atoms with Gasteiger partial charge < -0.3 is 9.47 Å². The zero-order valence-corrected chi connectivity index (χ0v) is 31.8. The number of para-hydroxylation sites is 2. The number of hydrogen-bond donors (Lipinski definition) is 0. The molecule has 0 saturated heterocycles. The first-order chi connectivity index (χ1) is 28.8. The van der Waals surface area contributed by atoms with Gasteiger partial charge >= 0.3 is 0 Å². The van der Waals surface area contributed by atoms with Crippen molar-refractivity contribution < 1.29 is 0 Å². The van der Waals surface area contributed by atoms with Gasteiger partial charge in [0.15, 0.2) is 0 Å². The van der Waals surface area contributed by atoms with Gasteiger partial charge in [0.25, 0.3) is 0 Å². The molecule has 0 aliphatic rings. The summed E-state index contributed by atoms with van der Waals surface area (Å²) in [6.07, 6.45) is 0. The number of hydrogen-bond acceptors (Lipinski definition) is 1. The molecular weight excluding hydrogens is 701 g/mol. The van der Waals surface area contributed by atoms with E-state index in [1.165, 1.54) is 71.2 Å². The Bertz CT molecular complexity index is 3260. The smallest absolute Gasteiger partial charge is 0.0547 e. The van der Waals surface area contributed by atoms with Gasteiger partial charge in [-0.2, -0.15) is 0 Å². The second-order valence-electron chi connectivity index (χ2n) is 15.0. The van der Waals surface area contributed by atoms with Crippen molar-refractivity contribution >= 4 is 60.4 Å². The number of aromatic nitrogens is 1. The van der Waals surface area contributed by atoms with Gasteiger partial charge in [-0.25, -0.2) is 0 Å². The second kappa shape index (κ2) is 14.1. The molecule has 0 amide bonds. The van der Waals surface area contributed by atoms with Gasteiger partial charge in [0.2, 0.25) is 0 Å². The molecule has 1 aromatic heterocycles. The highest BCUT2D eigenvalue weighted by Gasteiger charge is 2.18. The number of rotatable bonds is 7. The Morgan fingerprint density at radius 3 is 1.60 bits per heavy atom. The third kappa shape index (κ3) is 5.82. The van der Waals surface area contributed by atoms with Crippen LogP contribution in [0.3, 0.4) is 0 Å². The van der Waals surface area contributed by atoms with Crippen molar-refractivity contribution in [3.05, 3.63) is 231 Å². The minimum absolute atomic E-state index is 1.09. The van der Waals surface area contributed by atoms with Crippen LogP contribution in [0, 0.1) is 0 Å². The van der Waals surface area contributed by atoms with Crippen LogP contribution in [0.4, 0.5) is 17.1 Å². The van der Waals surface area contributed by atoms with Crippen LogP contribution in [-0.4, -0.2) is 4.57 Å². The minimum Gasteiger partial charge on any atom is -0.310 e. The van der Waals surface area contributed by atoms with Crippen molar-refractivity contribution in [3.63, 3.8) is 0 Å². The molecule has 11 rings (SSSR count). The number of fused-ring (bicyclic) bond motifs is 5. The van der Waals surface area contributed by atoms with Gasteiger partial charge in [-0.15, -0.1) is 0 Å². The van der Waals surface area contributed by atoms with Crippen molar-refractivity contribution in [2.75, 3.05) is 4.90 Å². The van der Waals surface area contributed by atoms with E-state index < -0.39 is 0 Å². The zero-order chi connectivity index (χ0) is 38.4. The van der Waals surface area contributed by atoms with E-state index in [0.717, 1.165) is 28.3 Å². The molecule has 0 aliphatic carbocycles. The Hall–Kier alpha value is -7.68. The van der Waals surface area contributed by atoms with Crippen LogP contribution in [-0.2, 0) is 0 Å². The molecule has 1 heterocycles. The highest BCUT2D eigenvalue weighted by molar-refractivity contribution is 6.14. The standard InChI is InChI=1S/C56H38N2/c1-2-14-39(15-3-1)43-20-12-21-48(36-43)57(46-32-28-41(29-33-46)50-25-13-19-40-16-6-7-22-49(40)50)47-34-30-42(31-35-47)51-23-8-10-26-54(51)58-55-27-11-9-24-52(55)53-37-44-17-4-5-18-45(44)38-56(53)58/h1-38H. The van der Waals surface area contributed by atoms with E-state index in [1.807, 2.05) is 0 Å². The summed E-state index contributed by atoms with van der Waals surface area (Å²) in [6, 6.07) is 83.7. The molecule has 0 saturated carbocycles. The molecule has 0 fully saturated rings. The SMILES string of the molecule is c1ccc(-c2cccc(N(c3ccc(-c4ccccc4-n4c5ccccc5c5cc6ccccc6cc54)cc3)c3ccc(-c4cccc5ccccc45)cc3)c2)cc1. The van der Waals surface area contributed by atoms with Crippen LogP contribution in [0.5, 0.6) is 0 Å². The Labute approximate surface area is 338 Å². The fraction of sp³-hybridized carbons (Fsp3) is 0. The van der Waals surface area contributed by atoms with Gasteiger partial charge in [-0.1, -0.05) is 170 Å². The average molecular weight is 739 g/mol. The molecule has 2 heteroatoms. The van der Waals surface area contributed by atoms with Crippen LogP contribution in [0.15, 0.2) is 231 Å². The van der Waals surface area contributed by atoms with E-state index in [1.54, 1.807) is 0 Å². The van der Waals surface area contributed by atoms with Crippen LogP contribution in [0.2, 0.25) is 0 Å². The Kier molecular flexibility index (Phi) is 8.19. The van der Waals surface area contributed by atoms with E-state index in [4.69, 9.17) is 0 Å². The molecule has 58 heavy (non-hydrogen) atoms. The van der Waals surface area contributed by atoms with Crippen LogP contribution in [0.25, 0.3) is 82.4 Å². The summed E-state index contributed by atoms with van der Waals surface area (Å²) < 4.78 is 2.44. The normalized spacial score (nSPS) is 11.4. The van der Waals surface area contributed by atoms with Crippen molar-refractivity contribution in [1.29, 1.82) is 0 Å². The fourth-order valence-corrected chi connectivity index (χ4v) is 8.79. The molecule has 0 atom stereocenters. The second-order valence-corrected chi connectivity index (χ2v) is 15.0. The number of anilines is 3. The van der Waals surface area contributed by atoms with E-state index in [9.17, 15) is 0 Å². The van der Waals surface area contributed by atoms with E-state index in [0.29, 0.717) is 0 Å². The van der Waals surface area contributed by atoms with Gasteiger partial charge in [0.1, 0.15) is 0 Å². The average Bonchev–Trinajstić information content (AvgIpc) is 3.62. The molecule has 10 aromatic carbocycles. The molecular formula is C56H38N2. The van der Waals surface area contributed by atoms with Gasteiger partial charge in [-0.05, 0) is 110 Å². The summed E-state index contributed by atoms with van der Waals surface area (Å²) in [7, 11) is 0. The number of benzene rings is 10. The first kappa shape index (κ1) is 33.6. The Morgan fingerprint density at radius 1 is 0.276 bits per heavy atom. The van der Waals surface area contributed by atoms with E-state index >= 15 is 0 Å². The Morgan fingerprint density at radius 2 is 0.828 bits per heavy atom. The predicted octanol–water partition coefficient (Wildman–Crippen LogP) is 15.6. The molecule has 0 bridgehead atoms. The lowest BCUT2D eigenvalue weighted by molar-refractivity contribution is 1.18. The monoisotopic (exact) mass is 738 g/mol. The molecule has 0 spiro atoms. The zero-order valence-electron chi connectivity index (χ0n) is 31.8. The lowest BCUT2D eigenvalue weighted by atomic mass is 9.98.